The third-order valence-electron chi connectivity index (χ3n) is 3.67. The van der Waals surface area contributed by atoms with Crippen molar-refractivity contribution in [1.82, 2.24) is 15.2 Å². The predicted molar refractivity (Wildman–Crippen MR) is 86.8 cm³/mol. The number of aryl methyl sites for hydroxylation is 1. The summed E-state index contributed by atoms with van der Waals surface area (Å²) < 4.78 is 51.7. The molecule has 1 heterocycles. The summed E-state index contributed by atoms with van der Waals surface area (Å²) in [5, 5.41) is 2.43. The lowest BCUT2D eigenvalue weighted by molar-refractivity contribution is -0.137. The number of nitrogens with one attached hydrogen (secondary N) is 1. The normalized spacial score (nSPS) is 11.4. The Bertz CT molecular complexity index is 745. The van der Waals surface area contributed by atoms with Crippen LogP contribution in [0.2, 0.25) is 0 Å². The Morgan fingerprint density at radius 3 is 2.68 bits per heavy atom. The number of amides is 2. The van der Waals surface area contributed by atoms with Gasteiger partial charge in [0.25, 0.3) is 0 Å². The first-order chi connectivity index (χ1) is 11.7. The molecule has 0 aliphatic carbocycles. The van der Waals surface area contributed by atoms with E-state index in [0.717, 1.165) is 16.6 Å². The molecular formula is C16H17F4N3OS. The molecule has 0 unspecified atom stereocenters. The molecule has 0 saturated heterocycles. The maximum absolute atomic E-state index is 13.6. The zero-order chi connectivity index (χ0) is 18.6. The van der Waals surface area contributed by atoms with E-state index in [4.69, 9.17) is 0 Å². The van der Waals surface area contributed by atoms with Crippen LogP contribution in [0, 0.1) is 12.7 Å². The minimum absolute atomic E-state index is 0.213. The lowest BCUT2D eigenvalue weighted by Gasteiger charge is -2.18. The average molecular weight is 375 g/mol. The van der Waals surface area contributed by atoms with E-state index in [1.54, 1.807) is 12.6 Å². The number of hydrogen-bond acceptors (Lipinski definition) is 3. The molecule has 0 saturated carbocycles. The van der Waals surface area contributed by atoms with Crippen LogP contribution >= 0.6 is 11.3 Å². The molecule has 0 bridgehead atoms. The maximum Gasteiger partial charge on any atom is 0.416 e. The van der Waals surface area contributed by atoms with Crippen LogP contribution in [0.5, 0.6) is 0 Å². The molecule has 25 heavy (non-hydrogen) atoms. The third-order valence-corrected chi connectivity index (χ3v) is 4.66. The van der Waals surface area contributed by atoms with Crippen molar-refractivity contribution in [3.63, 3.8) is 0 Å². The molecule has 4 nitrogen and oxygen atoms in total. The van der Waals surface area contributed by atoms with Gasteiger partial charge in [0.2, 0.25) is 0 Å². The molecule has 0 atom stereocenters. The number of alkyl halides is 3. The Balaban J connectivity index is 1.92. The molecule has 9 heteroatoms. The SMILES string of the molecule is Cc1ncsc1CCN(C)C(=O)NCc1cc(C(F)(F)F)ccc1F. The minimum atomic E-state index is -4.56. The van der Waals surface area contributed by atoms with Crippen molar-refractivity contribution in [3.05, 3.63) is 51.2 Å². The van der Waals surface area contributed by atoms with Gasteiger partial charge in [-0.15, -0.1) is 11.3 Å². The number of benzene rings is 1. The fourth-order valence-electron chi connectivity index (χ4n) is 2.13. The van der Waals surface area contributed by atoms with Gasteiger partial charge in [0.1, 0.15) is 5.82 Å². The number of likely N-dealkylation sites (N-methyl/N-ethyl adjacent to an activating group) is 1. The topological polar surface area (TPSA) is 45.2 Å². The molecule has 1 N–H and O–H groups in total. The smallest absolute Gasteiger partial charge is 0.334 e. The van der Waals surface area contributed by atoms with Crippen LogP contribution < -0.4 is 5.32 Å². The molecule has 1 aromatic heterocycles. The van der Waals surface area contributed by atoms with Gasteiger partial charge in [-0.05, 0) is 25.1 Å². The van der Waals surface area contributed by atoms with E-state index >= 15 is 0 Å². The summed E-state index contributed by atoms with van der Waals surface area (Å²) >= 11 is 1.49. The number of aromatic nitrogens is 1. The number of thiazole rings is 1. The summed E-state index contributed by atoms with van der Waals surface area (Å²) in [4.78, 5) is 18.6. The van der Waals surface area contributed by atoms with E-state index in [1.165, 1.54) is 16.2 Å². The van der Waals surface area contributed by atoms with E-state index in [1.807, 2.05) is 6.92 Å². The predicted octanol–water partition coefficient (Wildman–Crippen LogP) is 3.99. The molecular weight excluding hydrogens is 358 g/mol. The van der Waals surface area contributed by atoms with E-state index in [2.05, 4.69) is 10.3 Å². The Morgan fingerprint density at radius 1 is 1.36 bits per heavy atom. The highest BCUT2D eigenvalue weighted by Crippen LogP contribution is 2.30. The fourth-order valence-corrected chi connectivity index (χ4v) is 2.90. The summed E-state index contributed by atoms with van der Waals surface area (Å²) in [6, 6.07) is 1.64. The number of nitrogens with zero attached hydrogens (tertiary/aromatic N) is 2. The van der Waals surface area contributed by atoms with Crippen molar-refractivity contribution in [2.24, 2.45) is 0 Å². The molecule has 2 rings (SSSR count). The summed E-state index contributed by atoms with van der Waals surface area (Å²) in [6.45, 7) is 1.97. The Hall–Kier alpha value is -2.16. The largest absolute Gasteiger partial charge is 0.416 e. The highest BCUT2D eigenvalue weighted by molar-refractivity contribution is 7.09. The molecule has 0 fully saturated rings. The summed E-state index contributed by atoms with van der Waals surface area (Å²) in [5.74, 6) is -0.795. The number of carbonyl (C=O) groups is 1. The highest BCUT2D eigenvalue weighted by atomic mass is 32.1. The zero-order valence-electron chi connectivity index (χ0n) is 13.7. The number of urea groups is 1. The number of rotatable bonds is 5. The van der Waals surface area contributed by atoms with E-state index in [0.29, 0.717) is 25.1 Å². The van der Waals surface area contributed by atoms with Gasteiger partial charge in [-0.1, -0.05) is 0 Å². The molecule has 136 valence electrons. The number of hydrogen-bond donors (Lipinski definition) is 1. The van der Waals surface area contributed by atoms with Gasteiger partial charge in [-0.2, -0.15) is 13.2 Å². The van der Waals surface area contributed by atoms with Crippen LogP contribution in [0.15, 0.2) is 23.7 Å². The Kier molecular flexibility index (Phi) is 5.99. The monoisotopic (exact) mass is 375 g/mol. The Labute approximate surface area is 146 Å². The van der Waals surface area contributed by atoms with Crippen molar-refractivity contribution in [2.45, 2.75) is 26.1 Å². The second-order valence-electron chi connectivity index (χ2n) is 5.50. The van der Waals surface area contributed by atoms with Crippen molar-refractivity contribution < 1.29 is 22.4 Å². The highest BCUT2D eigenvalue weighted by Gasteiger charge is 2.31. The maximum atomic E-state index is 13.6. The number of halogens is 4. The molecule has 2 aromatic rings. The van der Waals surface area contributed by atoms with Gasteiger partial charge in [0.15, 0.2) is 0 Å². The summed E-state index contributed by atoms with van der Waals surface area (Å²) in [6.07, 6.45) is -3.94. The molecule has 1 aromatic carbocycles. The van der Waals surface area contributed by atoms with Gasteiger partial charge in [-0.25, -0.2) is 14.2 Å². The van der Waals surface area contributed by atoms with E-state index in [9.17, 15) is 22.4 Å². The van der Waals surface area contributed by atoms with Crippen molar-refractivity contribution in [1.29, 1.82) is 0 Å². The quantitative estimate of drug-likeness (QED) is 0.803. The fraction of sp³-hybridized carbons (Fsp3) is 0.375. The first-order valence-electron chi connectivity index (χ1n) is 7.42. The summed E-state index contributed by atoms with van der Waals surface area (Å²) in [7, 11) is 1.56. The van der Waals surface area contributed by atoms with Crippen LogP contribution in [0.4, 0.5) is 22.4 Å². The lowest BCUT2D eigenvalue weighted by Crippen LogP contribution is -2.38. The molecule has 0 aliphatic rings. The van der Waals surface area contributed by atoms with Crippen molar-refractivity contribution in [2.75, 3.05) is 13.6 Å². The molecule has 0 radical (unpaired) electrons. The molecule has 2 amide bonds. The van der Waals surface area contributed by atoms with E-state index in [-0.39, 0.29) is 12.1 Å². The van der Waals surface area contributed by atoms with Gasteiger partial charge in [0, 0.05) is 37.0 Å². The first-order valence-corrected chi connectivity index (χ1v) is 8.30. The standard InChI is InChI=1S/C16H17F4N3OS/c1-10-14(25-9-22-10)5-6-23(2)15(24)21-8-11-7-12(16(18,19)20)3-4-13(11)17/h3-4,7,9H,5-6,8H2,1-2H3,(H,21,24). The van der Waals surface area contributed by atoms with Crippen LogP contribution in [-0.4, -0.2) is 29.5 Å². The van der Waals surface area contributed by atoms with E-state index < -0.39 is 23.6 Å². The lowest BCUT2D eigenvalue weighted by atomic mass is 10.1. The third kappa shape index (κ3) is 5.15. The van der Waals surface area contributed by atoms with Gasteiger partial charge < -0.3 is 10.2 Å². The first kappa shape index (κ1) is 19.2. The molecule has 0 aliphatic heterocycles. The van der Waals surface area contributed by atoms with Gasteiger partial charge >= 0.3 is 12.2 Å². The van der Waals surface area contributed by atoms with Gasteiger partial charge in [0.05, 0.1) is 16.8 Å². The van der Waals surface area contributed by atoms with Crippen LogP contribution in [0.3, 0.4) is 0 Å². The summed E-state index contributed by atoms with van der Waals surface area (Å²) in [5.41, 5.74) is 1.47. The van der Waals surface area contributed by atoms with Crippen LogP contribution in [0.25, 0.3) is 0 Å². The van der Waals surface area contributed by atoms with Crippen LogP contribution in [0.1, 0.15) is 21.7 Å². The minimum Gasteiger partial charge on any atom is -0.334 e. The zero-order valence-corrected chi connectivity index (χ0v) is 14.5. The van der Waals surface area contributed by atoms with Gasteiger partial charge in [-0.3, -0.25) is 0 Å². The average Bonchev–Trinajstić information content (AvgIpc) is 2.95. The van der Waals surface area contributed by atoms with Crippen LogP contribution in [-0.2, 0) is 19.1 Å². The Morgan fingerprint density at radius 2 is 2.08 bits per heavy atom. The second kappa shape index (κ2) is 7.81. The molecule has 0 spiro atoms. The van der Waals surface area contributed by atoms with Crippen molar-refractivity contribution in [3.8, 4) is 0 Å². The number of carbonyl (C=O) groups excluding carboxylic acids is 1. The van der Waals surface area contributed by atoms with Crippen molar-refractivity contribution >= 4 is 17.4 Å². The second-order valence-corrected chi connectivity index (χ2v) is 6.43.